The van der Waals surface area contributed by atoms with E-state index >= 15 is 0 Å². The third-order valence-electron chi connectivity index (χ3n) is 7.66. The first-order chi connectivity index (χ1) is 14.5. The second-order valence-corrected chi connectivity index (χ2v) is 10.2. The molecular formula is C27H33ClF2. The zero-order valence-electron chi connectivity index (χ0n) is 18.0. The van der Waals surface area contributed by atoms with Gasteiger partial charge in [0, 0.05) is 0 Å². The molecule has 4 rings (SSSR count). The van der Waals surface area contributed by atoms with Crippen LogP contribution >= 0.6 is 11.6 Å². The van der Waals surface area contributed by atoms with Crippen LogP contribution < -0.4 is 0 Å². The normalized spacial score (nSPS) is 27.2. The molecule has 0 radical (unpaired) electrons. The van der Waals surface area contributed by atoms with Gasteiger partial charge in [-0.25, -0.2) is 8.78 Å². The van der Waals surface area contributed by atoms with Crippen LogP contribution in [0.5, 0.6) is 0 Å². The Hall–Kier alpha value is -1.41. The Labute approximate surface area is 185 Å². The van der Waals surface area contributed by atoms with Crippen molar-refractivity contribution in [1.29, 1.82) is 0 Å². The maximum atomic E-state index is 13.8. The molecule has 2 fully saturated rings. The first-order valence-corrected chi connectivity index (χ1v) is 12.1. The minimum absolute atomic E-state index is 0.440. The zero-order chi connectivity index (χ0) is 21.1. The van der Waals surface area contributed by atoms with Gasteiger partial charge in [0.1, 0.15) is 16.7 Å². The highest BCUT2D eigenvalue weighted by molar-refractivity contribution is 6.31. The first-order valence-electron chi connectivity index (χ1n) is 11.7. The Morgan fingerprint density at radius 1 is 0.733 bits per heavy atom. The summed E-state index contributed by atoms with van der Waals surface area (Å²) in [6, 6.07) is 10.8. The Bertz CT molecular complexity index is 805. The van der Waals surface area contributed by atoms with Crippen molar-refractivity contribution in [2.75, 3.05) is 0 Å². The number of hydrogen-bond acceptors (Lipinski definition) is 0. The Morgan fingerprint density at radius 3 is 1.77 bits per heavy atom. The average molecular weight is 431 g/mol. The summed E-state index contributed by atoms with van der Waals surface area (Å²) in [6.45, 7) is 2.40. The summed E-state index contributed by atoms with van der Waals surface area (Å²) >= 11 is 5.60. The third kappa shape index (κ3) is 5.25. The van der Waals surface area contributed by atoms with Crippen molar-refractivity contribution in [2.45, 2.75) is 77.0 Å². The van der Waals surface area contributed by atoms with E-state index in [1.54, 1.807) is 0 Å². The van der Waals surface area contributed by atoms with Crippen molar-refractivity contribution in [3.05, 3.63) is 58.6 Å². The molecule has 0 saturated heterocycles. The molecule has 0 amide bonds. The van der Waals surface area contributed by atoms with Crippen molar-refractivity contribution in [1.82, 2.24) is 0 Å². The van der Waals surface area contributed by atoms with Gasteiger partial charge < -0.3 is 0 Å². The molecule has 0 atom stereocenters. The van der Waals surface area contributed by atoms with E-state index in [0.717, 1.165) is 23.3 Å². The van der Waals surface area contributed by atoms with Gasteiger partial charge in [-0.1, -0.05) is 81.3 Å². The molecule has 0 unspecified atom stereocenters. The van der Waals surface area contributed by atoms with Gasteiger partial charge in [-0.15, -0.1) is 0 Å². The van der Waals surface area contributed by atoms with Crippen molar-refractivity contribution >= 4 is 11.6 Å². The van der Waals surface area contributed by atoms with E-state index in [1.807, 2.05) is 12.1 Å². The first kappa shape index (κ1) is 21.8. The zero-order valence-corrected chi connectivity index (χ0v) is 18.7. The molecule has 0 heterocycles. The lowest BCUT2D eigenvalue weighted by atomic mass is 9.74. The molecule has 2 aromatic rings. The van der Waals surface area contributed by atoms with E-state index in [2.05, 4.69) is 19.1 Å². The van der Waals surface area contributed by atoms with Crippen LogP contribution in [-0.2, 0) is 0 Å². The maximum absolute atomic E-state index is 13.8. The molecule has 30 heavy (non-hydrogen) atoms. The van der Waals surface area contributed by atoms with Crippen LogP contribution in [0.4, 0.5) is 8.78 Å². The number of rotatable bonds is 5. The van der Waals surface area contributed by atoms with Gasteiger partial charge in [0.05, 0.1) is 0 Å². The van der Waals surface area contributed by atoms with Gasteiger partial charge in [-0.3, -0.25) is 0 Å². The molecule has 0 N–H and O–H groups in total. The van der Waals surface area contributed by atoms with Gasteiger partial charge in [-0.05, 0) is 78.2 Å². The van der Waals surface area contributed by atoms with Crippen LogP contribution in [0.3, 0.4) is 0 Å². The number of halogens is 3. The monoisotopic (exact) mass is 430 g/mol. The Morgan fingerprint density at radius 2 is 1.23 bits per heavy atom. The molecule has 2 aliphatic carbocycles. The van der Waals surface area contributed by atoms with Gasteiger partial charge in [0.25, 0.3) is 0 Å². The van der Waals surface area contributed by atoms with Crippen LogP contribution in [0.15, 0.2) is 36.4 Å². The van der Waals surface area contributed by atoms with Crippen molar-refractivity contribution in [3.63, 3.8) is 0 Å². The van der Waals surface area contributed by atoms with E-state index < -0.39 is 16.7 Å². The molecule has 3 heteroatoms. The summed E-state index contributed by atoms with van der Waals surface area (Å²) in [7, 11) is 0. The van der Waals surface area contributed by atoms with E-state index in [1.165, 1.54) is 81.9 Å². The molecule has 0 aliphatic heterocycles. The SMILES string of the molecule is C[C@H]1CC[C@H](CC[C@H]2CC[C@H](c3ccc(-c4cc(F)c(Cl)c(F)c4)cc3)CC2)CC1. The fourth-order valence-corrected chi connectivity index (χ4v) is 5.65. The summed E-state index contributed by atoms with van der Waals surface area (Å²) in [5.74, 6) is 2.02. The van der Waals surface area contributed by atoms with E-state index in [-0.39, 0.29) is 0 Å². The molecule has 162 valence electrons. The second kappa shape index (κ2) is 9.81. The highest BCUT2D eigenvalue weighted by Crippen LogP contribution is 2.40. The summed E-state index contributed by atoms with van der Waals surface area (Å²) < 4.78 is 27.5. The van der Waals surface area contributed by atoms with E-state index in [9.17, 15) is 8.78 Å². The van der Waals surface area contributed by atoms with Gasteiger partial charge >= 0.3 is 0 Å². The Balaban J connectivity index is 1.29. The molecule has 0 bridgehead atoms. The van der Waals surface area contributed by atoms with Crippen molar-refractivity contribution < 1.29 is 8.78 Å². The highest BCUT2D eigenvalue weighted by atomic mass is 35.5. The molecular weight excluding hydrogens is 398 g/mol. The highest BCUT2D eigenvalue weighted by Gasteiger charge is 2.24. The minimum atomic E-state index is -0.711. The van der Waals surface area contributed by atoms with Crippen LogP contribution in [0, 0.1) is 29.4 Å². The molecule has 2 saturated carbocycles. The lowest BCUT2D eigenvalue weighted by Crippen LogP contribution is -2.17. The fourth-order valence-electron chi connectivity index (χ4n) is 5.54. The van der Waals surface area contributed by atoms with E-state index in [4.69, 9.17) is 11.6 Å². The quantitative estimate of drug-likeness (QED) is 0.414. The van der Waals surface area contributed by atoms with E-state index in [0.29, 0.717) is 11.5 Å². The minimum Gasteiger partial charge on any atom is -0.205 e. The summed E-state index contributed by atoms with van der Waals surface area (Å²) in [6.07, 6.45) is 13.8. The summed E-state index contributed by atoms with van der Waals surface area (Å²) in [5, 5.41) is -0.440. The van der Waals surface area contributed by atoms with Crippen LogP contribution in [0.25, 0.3) is 11.1 Å². The number of benzene rings is 2. The fraction of sp³-hybridized carbons (Fsp3) is 0.556. The predicted octanol–water partition coefficient (Wildman–Crippen LogP) is 9.17. The molecule has 2 aromatic carbocycles. The predicted molar refractivity (Wildman–Crippen MR) is 122 cm³/mol. The molecule has 2 aliphatic rings. The second-order valence-electron chi connectivity index (χ2n) is 9.80. The molecule has 0 spiro atoms. The van der Waals surface area contributed by atoms with Crippen LogP contribution in [0.2, 0.25) is 5.02 Å². The maximum Gasteiger partial charge on any atom is 0.145 e. The largest absolute Gasteiger partial charge is 0.205 e. The smallest absolute Gasteiger partial charge is 0.145 e. The third-order valence-corrected chi connectivity index (χ3v) is 8.03. The van der Waals surface area contributed by atoms with Crippen molar-refractivity contribution in [3.8, 4) is 11.1 Å². The van der Waals surface area contributed by atoms with Crippen LogP contribution in [0.1, 0.15) is 82.6 Å². The summed E-state index contributed by atoms with van der Waals surface area (Å²) in [5.41, 5.74) is 2.71. The molecule has 0 nitrogen and oxygen atoms in total. The van der Waals surface area contributed by atoms with Gasteiger partial charge in [-0.2, -0.15) is 0 Å². The topological polar surface area (TPSA) is 0 Å². The van der Waals surface area contributed by atoms with Gasteiger partial charge in [0.15, 0.2) is 0 Å². The standard InChI is InChI=1S/C27H33ClF2/c1-18-2-4-19(5-3-18)6-7-20-8-10-21(11-9-20)22-12-14-23(15-13-22)24-16-25(29)27(28)26(30)17-24/h12-21H,2-11H2,1H3/t18-,19-,20-,21-. The lowest BCUT2D eigenvalue weighted by molar-refractivity contribution is 0.237. The molecule has 0 aromatic heterocycles. The average Bonchev–Trinajstić information content (AvgIpc) is 2.77. The number of hydrogen-bond donors (Lipinski definition) is 0. The summed E-state index contributed by atoms with van der Waals surface area (Å²) in [4.78, 5) is 0. The van der Waals surface area contributed by atoms with Crippen LogP contribution in [-0.4, -0.2) is 0 Å². The lowest BCUT2D eigenvalue weighted by Gasteiger charge is -2.31. The Kier molecular flexibility index (Phi) is 7.13. The van der Waals surface area contributed by atoms with Crippen molar-refractivity contribution in [2.24, 2.45) is 17.8 Å². The van der Waals surface area contributed by atoms with Gasteiger partial charge in [0.2, 0.25) is 0 Å².